The van der Waals surface area contributed by atoms with E-state index in [0.29, 0.717) is 22.8 Å². The van der Waals surface area contributed by atoms with Gasteiger partial charge in [0.25, 0.3) is 5.91 Å². The fraction of sp³-hybridized carbons (Fsp3) is 0.312. The van der Waals surface area contributed by atoms with Crippen LogP contribution in [0.2, 0.25) is 0 Å². The summed E-state index contributed by atoms with van der Waals surface area (Å²) in [5.74, 6) is 0.177. The van der Waals surface area contributed by atoms with Gasteiger partial charge in [0.05, 0.1) is 5.69 Å². The maximum atomic E-state index is 12.2. The molecule has 1 fully saturated rings. The van der Waals surface area contributed by atoms with Gasteiger partial charge in [-0.05, 0) is 76.2 Å². The fourth-order valence-electron chi connectivity index (χ4n) is 3.90. The average molecular weight is 540 g/mol. The van der Waals surface area contributed by atoms with E-state index in [4.69, 9.17) is 0 Å². The van der Waals surface area contributed by atoms with E-state index in [0.717, 1.165) is 29.1 Å². The molecule has 2 aromatic heterocycles. The minimum absolute atomic E-state index is 0.280. The smallest absolute Gasteiger partial charge is 0.255 e. The van der Waals surface area contributed by atoms with Gasteiger partial charge in [-0.2, -0.15) is 0 Å². The highest BCUT2D eigenvalue weighted by atomic mass is 16.1. The van der Waals surface area contributed by atoms with E-state index in [1.807, 2.05) is 43.3 Å². The Morgan fingerprint density at radius 1 is 1.07 bits per heavy atom. The number of aryl methyl sites for hydroxylation is 1. The maximum absolute atomic E-state index is 12.2. The Balaban J connectivity index is 0.000000307. The number of hydrogen-bond acceptors (Lipinski definition) is 7. The summed E-state index contributed by atoms with van der Waals surface area (Å²) in [6.07, 6.45) is 7.37. The van der Waals surface area contributed by atoms with Crippen LogP contribution in [0.1, 0.15) is 26.3 Å². The first-order valence-corrected chi connectivity index (χ1v) is 13.5. The molecule has 0 aliphatic carbocycles. The predicted molar refractivity (Wildman–Crippen MR) is 166 cm³/mol. The lowest BCUT2D eigenvalue weighted by atomic mass is 10.1. The predicted octanol–water partition coefficient (Wildman–Crippen LogP) is 5.86. The van der Waals surface area contributed by atoms with Crippen LogP contribution < -0.4 is 10.6 Å². The molecule has 4 rings (SSSR count). The Morgan fingerprint density at radius 2 is 1.82 bits per heavy atom. The summed E-state index contributed by atoms with van der Waals surface area (Å²) in [6, 6.07) is 11.2. The molecule has 0 bridgehead atoms. The number of rotatable bonds is 8. The summed E-state index contributed by atoms with van der Waals surface area (Å²) in [4.78, 5) is 30.1. The molecule has 3 heterocycles. The molecule has 0 atom stereocenters. The van der Waals surface area contributed by atoms with Gasteiger partial charge in [-0.25, -0.2) is 9.97 Å². The highest BCUT2D eigenvalue weighted by molar-refractivity contribution is 6.06. The lowest BCUT2D eigenvalue weighted by Crippen LogP contribution is -2.44. The summed E-state index contributed by atoms with van der Waals surface area (Å²) >= 11 is 0. The Bertz CT molecular complexity index is 1340. The van der Waals surface area contributed by atoms with Crippen LogP contribution in [0.25, 0.3) is 11.3 Å². The van der Waals surface area contributed by atoms with Crippen molar-refractivity contribution in [3.05, 3.63) is 96.5 Å². The number of hydrogen-bond donors (Lipinski definition) is 2. The Hall–Kier alpha value is -4.14. The highest BCUT2D eigenvalue weighted by Crippen LogP contribution is 2.24. The highest BCUT2D eigenvalue weighted by Gasteiger charge is 2.13. The van der Waals surface area contributed by atoms with Gasteiger partial charge in [-0.15, -0.1) is 0 Å². The van der Waals surface area contributed by atoms with Crippen LogP contribution in [0.5, 0.6) is 0 Å². The zero-order valence-electron chi connectivity index (χ0n) is 24.4. The Morgan fingerprint density at radius 3 is 2.48 bits per heavy atom. The molecule has 3 aromatic rings. The number of likely N-dealkylation sites (N-methyl/N-ethyl adjacent to an activating group) is 1. The zero-order chi connectivity index (χ0) is 29.1. The molecule has 0 saturated carbocycles. The van der Waals surface area contributed by atoms with Gasteiger partial charge in [0.1, 0.15) is 0 Å². The van der Waals surface area contributed by atoms with E-state index in [-0.39, 0.29) is 5.91 Å². The van der Waals surface area contributed by atoms with Gasteiger partial charge < -0.3 is 15.5 Å². The van der Waals surface area contributed by atoms with Crippen LogP contribution in [-0.4, -0.2) is 70.4 Å². The number of allylic oxidation sites excluding steroid dienone is 1. The third kappa shape index (κ3) is 9.25. The standard InChI is InChI=1S/C22H21N5O.C10H20N2/c1-14(2)16(4)21(28)25-18-8-7-15(3)20(12-18)27-22-24-11-9-19(26-22)17-6-5-10-23-13-17;1-4-10(2)9-12-7-5-11(3)6-8-12/h5-13H,1,4H2,2-3H3,(H,25,28)(H,24,26,27);4H,5-9H2,1-3H3/b;10-4+. The van der Waals surface area contributed by atoms with Gasteiger partial charge in [0.15, 0.2) is 0 Å². The summed E-state index contributed by atoms with van der Waals surface area (Å²) < 4.78 is 0. The van der Waals surface area contributed by atoms with Crippen LogP contribution >= 0.6 is 0 Å². The molecule has 210 valence electrons. The number of nitrogens with zero attached hydrogens (tertiary/aromatic N) is 5. The van der Waals surface area contributed by atoms with Crippen LogP contribution in [0.4, 0.5) is 17.3 Å². The van der Waals surface area contributed by atoms with Crippen molar-refractivity contribution in [3.63, 3.8) is 0 Å². The van der Waals surface area contributed by atoms with Gasteiger partial charge in [0.2, 0.25) is 5.95 Å². The molecule has 40 heavy (non-hydrogen) atoms. The third-order valence-electron chi connectivity index (χ3n) is 6.71. The number of amides is 1. The number of anilines is 3. The van der Waals surface area contributed by atoms with Crippen molar-refractivity contribution in [1.29, 1.82) is 0 Å². The number of carbonyl (C=O) groups excluding carboxylic acids is 1. The van der Waals surface area contributed by atoms with Crippen LogP contribution in [-0.2, 0) is 4.79 Å². The molecule has 0 unspecified atom stereocenters. The lowest BCUT2D eigenvalue weighted by Gasteiger charge is -2.32. The van der Waals surface area contributed by atoms with Crippen LogP contribution in [0.15, 0.2) is 90.9 Å². The van der Waals surface area contributed by atoms with Crippen molar-refractivity contribution in [1.82, 2.24) is 24.8 Å². The van der Waals surface area contributed by atoms with Crippen molar-refractivity contribution in [2.45, 2.75) is 27.7 Å². The molecule has 0 radical (unpaired) electrons. The van der Waals surface area contributed by atoms with Crippen molar-refractivity contribution < 1.29 is 4.79 Å². The number of benzene rings is 1. The lowest BCUT2D eigenvalue weighted by molar-refractivity contribution is -0.112. The second-order valence-electron chi connectivity index (χ2n) is 10.1. The molecule has 0 spiro atoms. The van der Waals surface area contributed by atoms with E-state index in [1.165, 1.54) is 31.8 Å². The van der Waals surface area contributed by atoms with E-state index in [1.54, 1.807) is 25.5 Å². The van der Waals surface area contributed by atoms with Gasteiger partial charge in [-0.3, -0.25) is 14.7 Å². The number of nitrogens with one attached hydrogen (secondary N) is 2. The first-order valence-electron chi connectivity index (χ1n) is 13.5. The van der Waals surface area contributed by atoms with E-state index in [2.05, 4.69) is 75.5 Å². The third-order valence-corrected chi connectivity index (χ3v) is 6.71. The van der Waals surface area contributed by atoms with Crippen molar-refractivity contribution in [2.24, 2.45) is 0 Å². The quantitative estimate of drug-likeness (QED) is 0.211. The molecule has 1 aliphatic rings. The van der Waals surface area contributed by atoms with Gasteiger partial charge in [0, 0.05) is 73.8 Å². The maximum Gasteiger partial charge on any atom is 0.255 e. The van der Waals surface area contributed by atoms with Crippen molar-refractivity contribution in [3.8, 4) is 11.3 Å². The van der Waals surface area contributed by atoms with E-state index >= 15 is 0 Å². The van der Waals surface area contributed by atoms with E-state index in [9.17, 15) is 4.79 Å². The fourth-order valence-corrected chi connectivity index (χ4v) is 3.90. The Kier molecular flexibility index (Phi) is 11.3. The van der Waals surface area contributed by atoms with Gasteiger partial charge >= 0.3 is 0 Å². The molecule has 8 nitrogen and oxygen atoms in total. The van der Waals surface area contributed by atoms with Crippen molar-refractivity contribution in [2.75, 3.05) is 50.4 Å². The monoisotopic (exact) mass is 539 g/mol. The summed E-state index contributed by atoms with van der Waals surface area (Å²) in [6.45, 7) is 21.6. The molecule has 2 N–H and O–H groups in total. The number of carbonyl (C=O) groups is 1. The summed E-state index contributed by atoms with van der Waals surface area (Å²) in [5.41, 5.74) is 6.57. The first-order chi connectivity index (χ1) is 19.2. The van der Waals surface area contributed by atoms with Crippen molar-refractivity contribution >= 4 is 23.2 Å². The molecule has 1 amide bonds. The molecule has 8 heteroatoms. The van der Waals surface area contributed by atoms with E-state index < -0.39 is 0 Å². The largest absolute Gasteiger partial charge is 0.324 e. The number of pyridine rings is 1. The summed E-state index contributed by atoms with van der Waals surface area (Å²) in [5, 5.41) is 6.04. The summed E-state index contributed by atoms with van der Waals surface area (Å²) in [7, 11) is 2.19. The Labute approximate surface area is 238 Å². The molecular weight excluding hydrogens is 498 g/mol. The number of aromatic nitrogens is 3. The normalized spacial score (nSPS) is 14.1. The van der Waals surface area contributed by atoms with Crippen LogP contribution in [0, 0.1) is 6.92 Å². The second-order valence-corrected chi connectivity index (χ2v) is 10.1. The van der Waals surface area contributed by atoms with Gasteiger partial charge in [-0.1, -0.05) is 30.9 Å². The minimum atomic E-state index is -0.280. The zero-order valence-corrected chi connectivity index (χ0v) is 24.4. The molecule has 1 saturated heterocycles. The minimum Gasteiger partial charge on any atom is -0.324 e. The molecule has 1 aliphatic heterocycles. The van der Waals surface area contributed by atoms with Crippen LogP contribution in [0.3, 0.4) is 0 Å². The second kappa shape index (κ2) is 14.9. The topological polar surface area (TPSA) is 86.3 Å². The number of piperazine rings is 1. The molecule has 1 aromatic carbocycles. The first kappa shape index (κ1) is 30.4. The SMILES string of the molecule is C/C=C(\C)CN1CCN(C)CC1.C=C(C)C(=C)C(=O)Nc1ccc(C)c(Nc2nccc(-c3cccnc3)n2)c1. The average Bonchev–Trinajstić information content (AvgIpc) is 2.96. The molecular formula is C32H41N7O.